The highest BCUT2D eigenvalue weighted by Crippen LogP contribution is 2.43. The Labute approximate surface area is 153 Å². The molecular weight excluding hydrogens is 328 g/mol. The van der Waals surface area contributed by atoms with E-state index >= 15 is 0 Å². The van der Waals surface area contributed by atoms with Gasteiger partial charge in [0.05, 0.1) is 5.41 Å². The third-order valence-electron chi connectivity index (χ3n) is 5.78. The van der Waals surface area contributed by atoms with Gasteiger partial charge in [-0.25, -0.2) is 9.97 Å². The summed E-state index contributed by atoms with van der Waals surface area (Å²) in [6, 6.07) is 12.2. The molecule has 26 heavy (non-hydrogen) atoms. The zero-order valence-corrected chi connectivity index (χ0v) is 14.8. The Morgan fingerprint density at radius 2 is 1.92 bits per heavy atom. The number of carboxylic acids is 1. The first-order chi connectivity index (χ1) is 12.7. The number of aromatic nitrogens is 2. The smallest absolute Gasteiger partial charge is 0.311 e. The highest BCUT2D eigenvalue weighted by Gasteiger charge is 2.53. The van der Waals surface area contributed by atoms with Crippen LogP contribution in [0.2, 0.25) is 0 Å². The van der Waals surface area contributed by atoms with E-state index in [1.54, 1.807) is 18.5 Å². The highest BCUT2D eigenvalue weighted by molar-refractivity contribution is 5.77. The molecule has 2 fully saturated rings. The summed E-state index contributed by atoms with van der Waals surface area (Å²) in [6.07, 6.45) is 5.04. The Bertz CT molecular complexity index is 755. The average Bonchev–Trinajstić information content (AvgIpc) is 2.94. The van der Waals surface area contributed by atoms with Crippen LogP contribution in [0.4, 0.5) is 5.95 Å². The van der Waals surface area contributed by atoms with Crippen molar-refractivity contribution in [1.82, 2.24) is 14.9 Å². The largest absolute Gasteiger partial charge is 0.481 e. The quantitative estimate of drug-likeness (QED) is 0.910. The number of hydrogen-bond donors (Lipinski definition) is 1. The van der Waals surface area contributed by atoms with Gasteiger partial charge in [0.1, 0.15) is 0 Å². The molecule has 6 heteroatoms. The molecule has 136 valence electrons. The summed E-state index contributed by atoms with van der Waals surface area (Å²) in [5, 5.41) is 10.1. The van der Waals surface area contributed by atoms with Crippen molar-refractivity contribution in [3.05, 3.63) is 54.4 Å². The van der Waals surface area contributed by atoms with E-state index in [4.69, 9.17) is 0 Å². The lowest BCUT2D eigenvalue weighted by Crippen LogP contribution is -2.41. The fraction of sp³-hybridized carbons (Fsp3) is 0.450. The van der Waals surface area contributed by atoms with Crippen molar-refractivity contribution < 1.29 is 9.90 Å². The topological polar surface area (TPSA) is 69.6 Å². The molecule has 1 aromatic heterocycles. The SMILES string of the molecule is O=C(O)[C@]12CCCN(Cc3ccccc3)C[C@H]1CN(c1ncccn1)C2. The average molecular weight is 352 g/mol. The van der Waals surface area contributed by atoms with Crippen LogP contribution in [0, 0.1) is 11.3 Å². The first-order valence-electron chi connectivity index (χ1n) is 9.19. The van der Waals surface area contributed by atoms with Gasteiger partial charge in [-0.3, -0.25) is 9.69 Å². The van der Waals surface area contributed by atoms with Crippen molar-refractivity contribution in [2.24, 2.45) is 11.3 Å². The van der Waals surface area contributed by atoms with E-state index in [0.717, 1.165) is 26.1 Å². The lowest BCUT2D eigenvalue weighted by Gasteiger charge is -2.29. The normalized spacial score (nSPS) is 26.3. The molecule has 0 unspecified atom stereocenters. The molecule has 2 aromatic rings. The summed E-state index contributed by atoms with van der Waals surface area (Å²) in [4.78, 5) is 25.4. The maximum absolute atomic E-state index is 12.3. The molecule has 6 nitrogen and oxygen atoms in total. The fourth-order valence-electron chi connectivity index (χ4n) is 4.45. The van der Waals surface area contributed by atoms with E-state index in [1.807, 2.05) is 11.0 Å². The van der Waals surface area contributed by atoms with E-state index in [9.17, 15) is 9.90 Å². The molecule has 2 atom stereocenters. The maximum Gasteiger partial charge on any atom is 0.311 e. The zero-order valence-electron chi connectivity index (χ0n) is 14.8. The third-order valence-corrected chi connectivity index (χ3v) is 5.78. The number of hydrogen-bond acceptors (Lipinski definition) is 5. The summed E-state index contributed by atoms with van der Waals surface area (Å²) in [5.74, 6) is 0.0355. The summed E-state index contributed by atoms with van der Waals surface area (Å²) in [6.45, 7) is 3.81. The fourth-order valence-corrected chi connectivity index (χ4v) is 4.45. The van der Waals surface area contributed by atoms with Crippen molar-refractivity contribution >= 4 is 11.9 Å². The minimum Gasteiger partial charge on any atom is -0.481 e. The van der Waals surface area contributed by atoms with Crippen LogP contribution in [0.25, 0.3) is 0 Å². The maximum atomic E-state index is 12.3. The van der Waals surface area contributed by atoms with Crippen LogP contribution in [0.3, 0.4) is 0 Å². The zero-order chi connectivity index (χ0) is 18.0. The lowest BCUT2D eigenvalue weighted by molar-refractivity contribution is -0.150. The van der Waals surface area contributed by atoms with Gasteiger partial charge in [-0.15, -0.1) is 0 Å². The summed E-state index contributed by atoms with van der Waals surface area (Å²) in [5.41, 5.74) is 0.571. The van der Waals surface area contributed by atoms with Crippen molar-refractivity contribution in [3.8, 4) is 0 Å². The molecule has 0 bridgehead atoms. The van der Waals surface area contributed by atoms with Gasteiger partial charge in [-0.05, 0) is 31.0 Å². The number of likely N-dealkylation sites (tertiary alicyclic amines) is 1. The van der Waals surface area contributed by atoms with Gasteiger partial charge >= 0.3 is 5.97 Å². The molecule has 0 spiro atoms. The minimum atomic E-state index is -0.704. The van der Waals surface area contributed by atoms with Crippen LogP contribution in [0.15, 0.2) is 48.8 Å². The Morgan fingerprint density at radius 3 is 2.65 bits per heavy atom. The van der Waals surface area contributed by atoms with Gasteiger partial charge in [0.2, 0.25) is 5.95 Å². The van der Waals surface area contributed by atoms with Crippen molar-refractivity contribution in [1.29, 1.82) is 0 Å². The van der Waals surface area contributed by atoms with E-state index in [2.05, 4.69) is 39.1 Å². The number of benzene rings is 1. The standard InChI is InChI=1S/C20H24N4O2/c25-18(26)20-8-4-11-23(12-16-6-2-1-3-7-16)13-17(20)14-24(15-20)19-21-9-5-10-22-19/h1-3,5-7,9-10,17H,4,8,11-15H2,(H,25,26)/t17-,20-/m0/s1. The first kappa shape index (κ1) is 17.0. The number of nitrogens with zero attached hydrogens (tertiary/aromatic N) is 4. The molecule has 0 radical (unpaired) electrons. The van der Waals surface area contributed by atoms with Crippen LogP contribution >= 0.6 is 0 Å². The summed E-state index contributed by atoms with van der Waals surface area (Å²) < 4.78 is 0. The van der Waals surface area contributed by atoms with Crippen molar-refractivity contribution in [3.63, 3.8) is 0 Å². The molecule has 0 amide bonds. The highest BCUT2D eigenvalue weighted by atomic mass is 16.4. The number of rotatable bonds is 4. The van der Waals surface area contributed by atoms with Crippen molar-refractivity contribution in [2.45, 2.75) is 19.4 Å². The second-order valence-corrected chi connectivity index (χ2v) is 7.41. The third kappa shape index (κ3) is 3.17. The monoisotopic (exact) mass is 352 g/mol. The Morgan fingerprint density at radius 1 is 1.15 bits per heavy atom. The molecular formula is C20H24N4O2. The molecule has 2 aliphatic heterocycles. The second-order valence-electron chi connectivity index (χ2n) is 7.41. The number of anilines is 1. The summed E-state index contributed by atoms with van der Waals surface area (Å²) in [7, 11) is 0. The van der Waals surface area contributed by atoms with Crippen LogP contribution in [0.1, 0.15) is 18.4 Å². The minimum absolute atomic E-state index is 0.0787. The molecule has 0 aliphatic carbocycles. The molecule has 2 aliphatic rings. The second kappa shape index (κ2) is 7.03. The molecule has 3 heterocycles. The van der Waals surface area contributed by atoms with E-state index in [-0.39, 0.29) is 5.92 Å². The number of aliphatic carboxylic acids is 1. The van der Waals surface area contributed by atoms with Gasteiger partial charge in [0, 0.05) is 44.5 Å². The predicted molar refractivity (Wildman–Crippen MR) is 98.8 cm³/mol. The molecule has 1 N–H and O–H groups in total. The van der Waals surface area contributed by atoms with E-state index in [1.165, 1.54) is 5.56 Å². The molecule has 1 aromatic carbocycles. The predicted octanol–water partition coefficient (Wildman–Crippen LogP) is 2.28. The number of carbonyl (C=O) groups is 1. The number of carboxylic acid groups (broad SMARTS) is 1. The van der Waals surface area contributed by atoms with Gasteiger partial charge < -0.3 is 10.0 Å². The van der Waals surface area contributed by atoms with E-state index < -0.39 is 11.4 Å². The number of fused-ring (bicyclic) bond motifs is 1. The van der Waals surface area contributed by atoms with Crippen LogP contribution in [-0.4, -0.2) is 52.1 Å². The van der Waals surface area contributed by atoms with Crippen LogP contribution in [0.5, 0.6) is 0 Å². The lowest BCUT2D eigenvalue weighted by atomic mass is 9.75. The van der Waals surface area contributed by atoms with Gasteiger partial charge in [-0.1, -0.05) is 30.3 Å². The van der Waals surface area contributed by atoms with Gasteiger partial charge in [-0.2, -0.15) is 0 Å². The Kier molecular flexibility index (Phi) is 4.59. The van der Waals surface area contributed by atoms with Crippen LogP contribution in [-0.2, 0) is 11.3 Å². The van der Waals surface area contributed by atoms with E-state index in [0.29, 0.717) is 25.5 Å². The molecule has 4 rings (SSSR count). The first-order valence-corrected chi connectivity index (χ1v) is 9.19. The Balaban J connectivity index is 1.56. The Hall–Kier alpha value is -2.47. The van der Waals surface area contributed by atoms with Crippen LogP contribution < -0.4 is 4.90 Å². The summed E-state index contributed by atoms with van der Waals surface area (Å²) >= 11 is 0. The molecule has 0 saturated carbocycles. The molecule has 2 saturated heterocycles. The van der Waals surface area contributed by atoms with Gasteiger partial charge in [0.15, 0.2) is 0 Å². The van der Waals surface area contributed by atoms with Crippen molar-refractivity contribution in [2.75, 3.05) is 31.1 Å². The van der Waals surface area contributed by atoms with Gasteiger partial charge in [0.25, 0.3) is 0 Å².